The molecule has 4 N–H and O–H groups in total. The van der Waals surface area contributed by atoms with Crippen molar-refractivity contribution in [3.05, 3.63) is 83.4 Å². The molecule has 1 aliphatic carbocycles. The molecule has 3 aromatic carbocycles. The fourth-order valence-corrected chi connectivity index (χ4v) is 3.92. The van der Waals surface area contributed by atoms with Crippen LogP contribution >= 0.6 is 0 Å². The molecule has 168 valence electrons. The summed E-state index contributed by atoms with van der Waals surface area (Å²) in [5.41, 5.74) is 4.23. The molecular formula is C25H22N2O6. The highest BCUT2D eigenvalue weighted by molar-refractivity contribution is 5.98. The van der Waals surface area contributed by atoms with E-state index < -0.39 is 29.8 Å². The van der Waals surface area contributed by atoms with Gasteiger partial charge in [-0.05, 0) is 47.4 Å². The first-order valence-corrected chi connectivity index (χ1v) is 10.3. The van der Waals surface area contributed by atoms with Crippen LogP contribution in [0.3, 0.4) is 0 Å². The van der Waals surface area contributed by atoms with Crippen molar-refractivity contribution < 1.29 is 29.3 Å². The Morgan fingerprint density at radius 2 is 1.58 bits per heavy atom. The van der Waals surface area contributed by atoms with Gasteiger partial charge >= 0.3 is 12.1 Å². The SMILES string of the molecule is C[C@H](NC(=O)OCC1c2ccccc2-c2ccccc21)C(=O)Nc1ccc(O)c(C(=O)O)c1. The Bertz CT molecular complexity index is 1190. The number of hydrogen-bond donors (Lipinski definition) is 4. The van der Waals surface area contributed by atoms with Crippen LogP contribution in [0.2, 0.25) is 0 Å². The highest BCUT2D eigenvalue weighted by Crippen LogP contribution is 2.44. The van der Waals surface area contributed by atoms with Gasteiger partial charge < -0.3 is 25.6 Å². The third kappa shape index (κ3) is 4.50. The maximum Gasteiger partial charge on any atom is 0.407 e. The molecule has 0 spiro atoms. The summed E-state index contributed by atoms with van der Waals surface area (Å²) in [6.07, 6.45) is -0.739. The summed E-state index contributed by atoms with van der Waals surface area (Å²) in [6.45, 7) is 1.60. The maximum absolute atomic E-state index is 12.4. The average Bonchev–Trinajstić information content (AvgIpc) is 3.12. The normalized spacial score (nSPS) is 12.9. The van der Waals surface area contributed by atoms with E-state index in [4.69, 9.17) is 9.84 Å². The van der Waals surface area contributed by atoms with Crippen LogP contribution in [0.25, 0.3) is 11.1 Å². The van der Waals surface area contributed by atoms with Crippen LogP contribution in [0.1, 0.15) is 34.3 Å². The standard InChI is InChI=1S/C25H22N2O6/c1-14(23(29)27-15-10-11-22(28)20(12-15)24(30)31)26-25(32)33-13-21-18-8-4-2-6-16(18)17-7-3-5-9-19(17)21/h2-12,14,21,28H,13H2,1H3,(H,26,32)(H,27,29)(H,30,31)/t14-/m0/s1. The van der Waals surface area contributed by atoms with Gasteiger partial charge in [0.25, 0.3) is 0 Å². The zero-order valence-corrected chi connectivity index (χ0v) is 17.7. The van der Waals surface area contributed by atoms with E-state index in [0.29, 0.717) is 0 Å². The molecule has 0 aliphatic heterocycles. The van der Waals surface area contributed by atoms with Gasteiger partial charge in [-0.15, -0.1) is 0 Å². The first-order valence-electron chi connectivity index (χ1n) is 10.3. The molecule has 1 atom stereocenters. The molecule has 0 bridgehead atoms. The van der Waals surface area contributed by atoms with E-state index in [1.807, 2.05) is 48.5 Å². The number of aromatic hydroxyl groups is 1. The number of hydrogen-bond acceptors (Lipinski definition) is 5. The predicted octanol–water partition coefficient (Wildman–Crippen LogP) is 3.96. The number of amides is 2. The van der Waals surface area contributed by atoms with Crippen molar-refractivity contribution >= 4 is 23.7 Å². The molecule has 8 nitrogen and oxygen atoms in total. The number of carboxylic acid groups (broad SMARTS) is 1. The van der Waals surface area contributed by atoms with Crippen molar-refractivity contribution in [1.29, 1.82) is 0 Å². The third-order valence-corrected chi connectivity index (χ3v) is 5.57. The van der Waals surface area contributed by atoms with Crippen molar-refractivity contribution in [2.24, 2.45) is 0 Å². The zero-order valence-electron chi connectivity index (χ0n) is 17.7. The second kappa shape index (κ2) is 9.04. The minimum Gasteiger partial charge on any atom is -0.507 e. The van der Waals surface area contributed by atoms with Crippen LogP contribution in [0.15, 0.2) is 66.7 Å². The van der Waals surface area contributed by atoms with Crippen molar-refractivity contribution in [2.75, 3.05) is 11.9 Å². The Morgan fingerprint density at radius 3 is 2.18 bits per heavy atom. The molecule has 0 unspecified atom stereocenters. The number of alkyl carbamates (subject to hydrolysis) is 1. The van der Waals surface area contributed by atoms with Gasteiger partial charge in [-0.25, -0.2) is 9.59 Å². The number of ether oxygens (including phenoxy) is 1. The van der Waals surface area contributed by atoms with Crippen LogP contribution in [-0.2, 0) is 9.53 Å². The molecule has 3 aromatic rings. The van der Waals surface area contributed by atoms with Gasteiger partial charge in [0.15, 0.2) is 0 Å². The minimum atomic E-state index is -1.33. The number of fused-ring (bicyclic) bond motifs is 3. The van der Waals surface area contributed by atoms with Gasteiger partial charge in [0, 0.05) is 11.6 Å². The van der Waals surface area contributed by atoms with Gasteiger partial charge in [0.05, 0.1) is 0 Å². The molecule has 33 heavy (non-hydrogen) atoms. The second-order valence-electron chi connectivity index (χ2n) is 7.72. The zero-order chi connectivity index (χ0) is 23.5. The summed E-state index contributed by atoms with van der Waals surface area (Å²) in [6, 6.07) is 18.7. The fraction of sp³-hybridized carbons (Fsp3) is 0.160. The predicted molar refractivity (Wildman–Crippen MR) is 121 cm³/mol. The average molecular weight is 446 g/mol. The molecule has 1 aliphatic rings. The molecule has 2 amide bonds. The van der Waals surface area contributed by atoms with Crippen LogP contribution in [0, 0.1) is 0 Å². The number of benzene rings is 3. The lowest BCUT2D eigenvalue weighted by molar-refractivity contribution is -0.117. The van der Waals surface area contributed by atoms with E-state index in [-0.39, 0.29) is 23.8 Å². The summed E-state index contributed by atoms with van der Waals surface area (Å²) in [5, 5.41) is 23.6. The van der Waals surface area contributed by atoms with Crippen LogP contribution in [0.5, 0.6) is 5.75 Å². The van der Waals surface area contributed by atoms with Crippen molar-refractivity contribution in [1.82, 2.24) is 5.32 Å². The Kier molecular flexibility index (Phi) is 5.99. The molecule has 0 fully saturated rings. The monoisotopic (exact) mass is 446 g/mol. The highest BCUT2D eigenvalue weighted by Gasteiger charge is 2.29. The quantitative estimate of drug-likeness (QED) is 0.425. The van der Waals surface area contributed by atoms with Gasteiger partial charge in [0.2, 0.25) is 5.91 Å². The van der Waals surface area contributed by atoms with Crippen molar-refractivity contribution in [2.45, 2.75) is 18.9 Å². The Balaban J connectivity index is 1.36. The Hall–Kier alpha value is -4.33. The number of phenols is 1. The van der Waals surface area contributed by atoms with Gasteiger partial charge in [-0.2, -0.15) is 0 Å². The number of carboxylic acids is 1. The number of aromatic carboxylic acids is 1. The summed E-state index contributed by atoms with van der Waals surface area (Å²) in [5.74, 6) is -2.40. The Labute approximate surface area is 189 Å². The number of rotatable bonds is 6. The van der Waals surface area contributed by atoms with Gasteiger partial charge in [0.1, 0.15) is 24.0 Å². The van der Waals surface area contributed by atoms with E-state index >= 15 is 0 Å². The summed E-state index contributed by atoms with van der Waals surface area (Å²) in [4.78, 5) is 35.9. The van der Waals surface area contributed by atoms with Gasteiger partial charge in [-0.1, -0.05) is 48.5 Å². The number of carbonyl (C=O) groups is 3. The van der Waals surface area contributed by atoms with E-state index in [1.165, 1.54) is 19.1 Å². The number of carbonyl (C=O) groups excluding carboxylic acids is 2. The van der Waals surface area contributed by atoms with Gasteiger partial charge in [-0.3, -0.25) is 4.79 Å². The first-order chi connectivity index (χ1) is 15.8. The largest absolute Gasteiger partial charge is 0.507 e. The summed E-state index contributed by atoms with van der Waals surface area (Å²) >= 11 is 0. The molecule has 0 radical (unpaired) electrons. The van der Waals surface area contributed by atoms with E-state index in [0.717, 1.165) is 28.3 Å². The molecule has 0 heterocycles. The lowest BCUT2D eigenvalue weighted by atomic mass is 9.98. The smallest absolute Gasteiger partial charge is 0.407 e. The Morgan fingerprint density at radius 1 is 0.970 bits per heavy atom. The molecule has 8 heteroatoms. The van der Waals surface area contributed by atoms with Crippen LogP contribution < -0.4 is 10.6 Å². The van der Waals surface area contributed by atoms with E-state index in [2.05, 4.69) is 10.6 Å². The summed E-state index contributed by atoms with van der Waals surface area (Å²) in [7, 11) is 0. The first kappa shape index (κ1) is 21.9. The van der Waals surface area contributed by atoms with Crippen LogP contribution in [0.4, 0.5) is 10.5 Å². The molecule has 0 saturated heterocycles. The summed E-state index contributed by atoms with van der Waals surface area (Å²) < 4.78 is 5.44. The minimum absolute atomic E-state index is 0.0984. The second-order valence-corrected chi connectivity index (χ2v) is 7.72. The number of nitrogens with one attached hydrogen (secondary N) is 2. The topological polar surface area (TPSA) is 125 Å². The molecule has 4 rings (SSSR count). The molecular weight excluding hydrogens is 424 g/mol. The number of anilines is 1. The lowest BCUT2D eigenvalue weighted by Crippen LogP contribution is -2.42. The third-order valence-electron chi connectivity index (χ3n) is 5.57. The maximum atomic E-state index is 12.4. The van der Waals surface area contributed by atoms with E-state index in [9.17, 15) is 19.5 Å². The van der Waals surface area contributed by atoms with Crippen LogP contribution in [-0.4, -0.2) is 40.8 Å². The lowest BCUT2D eigenvalue weighted by Gasteiger charge is -2.17. The van der Waals surface area contributed by atoms with Crippen molar-refractivity contribution in [3.8, 4) is 16.9 Å². The molecule has 0 aromatic heterocycles. The van der Waals surface area contributed by atoms with Crippen molar-refractivity contribution in [3.63, 3.8) is 0 Å². The fourth-order valence-electron chi connectivity index (χ4n) is 3.92. The highest BCUT2D eigenvalue weighted by atomic mass is 16.5. The molecule has 0 saturated carbocycles. The van der Waals surface area contributed by atoms with E-state index in [1.54, 1.807) is 0 Å².